The highest BCUT2D eigenvalue weighted by atomic mass is 32.2. The van der Waals surface area contributed by atoms with Crippen LogP contribution in [-0.4, -0.2) is 59.9 Å². The first-order valence-corrected chi connectivity index (χ1v) is 8.65. The molecule has 2 rings (SSSR count). The summed E-state index contributed by atoms with van der Waals surface area (Å²) >= 11 is 1.58. The van der Waals surface area contributed by atoms with Gasteiger partial charge in [0.2, 0.25) is 5.91 Å². The molecule has 2 amide bonds. The standard InChI is InChI=1S/C16H20N2O4S/c1-2-22-14(19)10-18-8-9-23-11-13(16(18)21)17-15(20)12-6-4-3-5-7-12/h3-7,13H,2,8-11H2,1H3,(H,17,20)/t13-/m0/s1. The number of nitrogens with one attached hydrogen (secondary N) is 1. The summed E-state index contributed by atoms with van der Waals surface area (Å²) in [5.41, 5.74) is 0.506. The second-order valence-corrected chi connectivity index (χ2v) is 6.18. The van der Waals surface area contributed by atoms with E-state index in [2.05, 4.69) is 5.32 Å². The van der Waals surface area contributed by atoms with Gasteiger partial charge in [-0.3, -0.25) is 14.4 Å². The molecule has 0 saturated carbocycles. The number of rotatable bonds is 5. The molecular formula is C16H20N2O4S. The Morgan fingerprint density at radius 2 is 2.09 bits per heavy atom. The maximum absolute atomic E-state index is 12.5. The molecule has 6 nitrogen and oxygen atoms in total. The number of carbonyl (C=O) groups excluding carboxylic acids is 3. The molecule has 0 bridgehead atoms. The number of hydrogen-bond donors (Lipinski definition) is 1. The first kappa shape index (κ1) is 17.3. The van der Waals surface area contributed by atoms with Gasteiger partial charge in [0.25, 0.3) is 5.91 Å². The van der Waals surface area contributed by atoms with Crippen LogP contribution in [0, 0.1) is 0 Å². The molecule has 1 heterocycles. The summed E-state index contributed by atoms with van der Waals surface area (Å²) in [7, 11) is 0. The first-order valence-electron chi connectivity index (χ1n) is 7.50. The minimum absolute atomic E-state index is 0.0784. The molecule has 0 aliphatic carbocycles. The normalized spacial score (nSPS) is 18.2. The molecule has 1 aromatic rings. The van der Waals surface area contributed by atoms with Crippen LogP contribution in [0.25, 0.3) is 0 Å². The van der Waals surface area contributed by atoms with E-state index < -0.39 is 12.0 Å². The molecule has 1 aliphatic heterocycles. The zero-order valence-corrected chi connectivity index (χ0v) is 13.8. The van der Waals surface area contributed by atoms with Crippen molar-refractivity contribution in [2.24, 2.45) is 0 Å². The Morgan fingerprint density at radius 1 is 1.35 bits per heavy atom. The second-order valence-electron chi connectivity index (χ2n) is 5.03. The number of nitrogens with zero attached hydrogens (tertiary/aromatic N) is 1. The number of benzene rings is 1. The van der Waals surface area contributed by atoms with Gasteiger partial charge in [0.15, 0.2) is 0 Å². The fourth-order valence-corrected chi connectivity index (χ4v) is 3.21. The fraction of sp³-hybridized carbons (Fsp3) is 0.438. The lowest BCUT2D eigenvalue weighted by molar-refractivity contribution is -0.149. The molecular weight excluding hydrogens is 316 g/mol. The third-order valence-corrected chi connectivity index (χ3v) is 4.41. The van der Waals surface area contributed by atoms with Gasteiger partial charge >= 0.3 is 5.97 Å². The van der Waals surface area contributed by atoms with E-state index in [0.717, 1.165) is 5.75 Å². The maximum atomic E-state index is 12.5. The Labute approximate surface area is 139 Å². The molecule has 23 heavy (non-hydrogen) atoms. The average Bonchev–Trinajstić information content (AvgIpc) is 2.72. The molecule has 1 aliphatic rings. The number of hydrogen-bond acceptors (Lipinski definition) is 5. The summed E-state index contributed by atoms with van der Waals surface area (Å²) in [6, 6.07) is 8.12. The molecule has 1 saturated heterocycles. The summed E-state index contributed by atoms with van der Waals surface area (Å²) in [6.07, 6.45) is 0. The van der Waals surface area contributed by atoms with E-state index >= 15 is 0 Å². The summed E-state index contributed by atoms with van der Waals surface area (Å²) in [6.45, 7) is 2.40. The van der Waals surface area contributed by atoms with Crippen LogP contribution in [0.3, 0.4) is 0 Å². The van der Waals surface area contributed by atoms with Crippen LogP contribution >= 0.6 is 11.8 Å². The van der Waals surface area contributed by atoms with E-state index in [1.54, 1.807) is 43.0 Å². The maximum Gasteiger partial charge on any atom is 0.325 e. The van der Waals surface area contributed by atoms with Crippen molar-refractivity contribution >= 4 is 29.5 Å². The van der Waals surface area contributed by atoms with Gasteiger partial charge in [-0.2, -0.15) is 11.8 Å². The Kier molecular flexibility index (Phi) is 6.46. The number of amides is 2. The summed E-state index contributed by atoms with van der Waals surface area (Å²) in [5, 5.41) is 2.76. The SMILES string of the molecule is CCOC(=O)CN1CCSC[C@H](NC(=O)c2ccccc2)C1=O. The molecule has 1 fully saturated rings. The number of carbonyl (C=O) groups is 3. The predicted molar refractivity (Wildman–Crippen MR) is 88.2 cm³/mol. The van der Waals surface area contributed by atoms with Crippen molar-refractivity contribution in [2.75, 3.05) is 31.2 Å². The third kappa shape index (κ3) is 4.99. The van der Waals surface area contributed by atoms with Gasteiger partial charge in [-0.25, -0.2) is 0 Å². The molecule has 0 aromatic heterocycles. The minimum atomic E-state index is -0.635. The molecule has 124 valence electrons. The lowest BCUT2D eigenvalue weighted by Gasteiger charge is -2.23. The van der Waals surface area contributed by atoms with Crippen molar-refractivity contribution in [1.29, 1.82) is 0 Å². The highest BCUT2D eigenvalue weighted by Gasteiger charge is 2.30. The average molecular weight is 336 g/mol. The first-order chi connectivity index (χ1) is 11.1. The number of ether oxygens (including phenoxy) is 1. The Bertz CT molecular complexity index is 564. The van der Waals surface area contributed by atoms with Crippen molar-refractivity contribution < 1.29 is 19.1 Å². The molecule has 7 heteroatoms. The van der Waals surface area contributed by atoms with E-state index in [0.29, 0.717) is 17.9 Å². The lowest BCUT2D eigenvalue weighted by Crippen LogP contribution is -2.50. The third-order valence-electron chi connectivity index (χ3n) is 3.37. The topological polar surface area (TPSA) is 75.7 Å². The van der Waals surface area contributed by atoms with E-state index in [-0.39, 0.29) is 25.0 Å². The second kappa shape index (κ2) is 8.57. The van der Waals surface area contributed by atoms with Gasteiger partial charge in [0.1, 0.15) is 12.6 Å². The van der Waals surface area contributed by atoms with Gasteiger partial charge in [-0.05, 0) is 19.1 Å². The van der Waals surface area contributed by atoms with E-state index in [1.807, 2.05) is 6.07 Å². The van der Waals surface area contributed by atoms with Crippen molar-refractivity contribution in [3.63, 3.8) is 0 Å². The summed E-state index contributed by atoms with van der Waals surface area (Å²) in [4.78, 5) is 37.8. The number of thioether (sulfide) groups is 1. The lowest BCUT2D eigenvalue weighted by atomic mass is 10.2. The van der Waals surface area contributed by atoms with Crippen LogP contribution < -0.4 is 5.32 Å². The van der Waals surface area contributed by atoms with Crippen molar-refractivity contribution in [3.8, 4) is 0 Å². The van der Waals surface area contributed by atoms with Crippen molar-refractivity contribution in [2.45, 2.75) is 13.0 Å². The van der Waals surface area contributed by atoms with Crippen LogP contribution in [0.1, 0.15) is 17.3 Å². The Hall–Kier alpha value is -2.02. The van der Waals surface area contributed by atoms with Crippen molar-refractivity contribution in [1.82, 2.24) is 10.2 Å². The molecule has 0 spiro atoms. The summed E-state index contributed by atoms with van der Waals surface area (Å²) < 4.78 is 4.89. The minimum Gasteiger partial charge on any atom is -0.465 e. The van der Waals surface area contributed by atoms with Gasteiger partial charge in [-0.1, -0.05) is 18.2 Å². The predicted octanol–water partition coefficient (Wildman–Crippen LogP) is 0.923. The van der Waals surface area contributed by atoms with Crippen LogP contribution in [0.4, 0.5) is 0 Å². The van der Waals surface area contributed by atoms with Gasteiger partial charge < -0.3 is 15.0 Å². The zero-order chi connectivity index (χ0) is 16.7. The summed E-state index contributed by atoms with van der Waals surface area (Å²) in [5.74, 6) is 0.260. The van der Waals surface area contributed by atoms with Crippen LogP contribution in [0.15, 0.2) is 30.3 Å². The van der Waals surface area contributed by atoms with E-state index in [1.165, 1.54) is 4.90 Å². The van der Waals surface area contributed by atoms with E-state index in [9.17, 15) is 14.4 Å². The highest BCUT2D eigenvalue weighted by molar-refractivity contribution is 7.99. The van der Waals surface area contributed by atoms with Gasteiger partial charge in [0, 0.05) is 23.6 Å². The Balaban J connectivity index is 2.01. The van der Waals surface area contributed by atoms with E-state index in [4.69, 9.17) is 4.74 Å². The van der Waals surface area contributed by atoms with Gasteiger partial charge in [0.05, 0.1) is 6.61 Å². The molecule has 1 aromatic carbocycles. The Morgan fingerprint density at radius 3 is 2.78 bits per heavy atom. The van der Waals surface area contributed by atoms with Crippen LogP contribution in [0.5, 0.6) is 0 Å². The monoisotopic (exact) mass is 336 g/mol. The van der Waals surface area contributed by atoms with Gasteiger partial charge in [-0.15, -0.1) is 0 Å². The quantitative estimate of drug-likeness (QED) is 0.810. The van der Waals surface area contributed by atoms with Crippen LogP contribution in [0.2, 0.25) is 0 Å². The molecule has 1 atom stereocenters. The highest BCUT2D eigenvalue weighted by Crippen LogP contribution is 2.13. The van der Waals surface area contributed by atoms with Crippen LogP contribution in [-0.2, 0) is 14.3 Å². The number of esters is 1. The fourth-order valence-electron chi connectivity index (χ4n) is 2.23. The molecule has 0 radical (unpaired) electrons. The molecule has 1 N–H and O–H groups in total. The molecule has 0 unspecified atom stereocenters. The smallest absolute Gasteiger partial charge is 0.325 e. The zero-order valence-electron chi connectivity index (χ0n) is 13.0. The van der Waals surface area contributed by atoms with Crippen molar-refractivity contribution in [3.05, 3.63) is 35.9 Å². The largest absolute Gasteiger partial charge is 0.465 e.